The van der Waals surface area contributed by atoms with Crippen molar-refractivity contribution in [2.45, 2.75) is 18.5 Å². The molecule has 1 aromatic rings. The van der Waals surface area contributed by atoms with Gasteiger partial charge in [0.2, 0.25) is 0 Å². The summed E-state index contributed by atoms with van der Waals surface area (Å²) in [6.07, 6.45) is 1.32. The van der Waals surface area contributed by atoms with Gasteiger partial charge in [0.1, 0.15) is 0 Å². The molecule has 0 aromatic heterocycles. The number of ether oxygens (including phenoxy) is 1. The maximum absolute atomic E-state index is 14.3. The molecule has 1 aliphatic heterocycles. The zero-order valence-corrected chi connectivity index (χ0v) is 8.00. The second-order valence-electron chi connectivity index (χ2n) is 3.74. The summed E-state index contributed by atoms with van der Waals surface area (Å²) in [5.74, 6) is 0. The number of halogens is 1. The molecule has 1 atom stereocenters. The number of rotatable bonds is 1. The van der Waals surface area contributed by atoms with Crippen LogP contribution < -0.4 is 5.73 Å². The fourth-order valence-electron chi connectivity index (χ4n) is 1.77. The Morgan fingerprint density at radius 1 is 1.29 bits per heavy atom. The minimum atomic E-state index is -1.31. The molecule has 0 spiro atoms. The van der Waals surface area contributed by atoms with Crippen LogP contribution in [0.1, 0.15) is 18.4 Å². The van der Waals surface area contributed by atoms with Crippen LogP contribution in [0.15, 0.2) is 24.3 Å². The lowest BCUT2D eigenvalue weighted by atomic mass is 9.90. The predicted octanol–water partition coefficient (Wildman–Crippen LogP) is 2.24. The van der Waals surface area contributed by atoms with Gasteiger partial charge in [-0.1, -0.05) is 12.1 Å². The van der Waals surface area contributed by atoms with E-state index in [1.165, 1.54) is 0 Å². The van der Waals surface area contributed by atoms with E-state index >= 15 is 0 Å². The number of benzene rings is 1. The van der Waals surface area contributed by atoms with E-state index in [9.17, 15) is 4.39 Å². The minimum absolute atomic E-state index is 0.164. The Morgan fingerprint density at radius 3 is 2.57 bits per heavy atom. The van der Waals surface area contributed by atoms with Crippen molar-refractivity contribution >= 4 is 5.69 Å². The first-order chi connectivity index (χ1) is 6.71. The van der Waals surface area contributed by atoms with Gasteiger partial charge >= 0.3 is 0 Å². The monoisotopic (exact) mass is 195 g/mol. The zero-order chi connectivity index (χ0) is 10.0. The first-order valence-corrected chi connectivity index (χ1v) is 4.83. The molecule has 0 amide bonds. The second kappa shape index (κ2) is 3.58. The van der Waals surface area contributed by atoms with Crippen LogP contribution in [0.25, 0.3) is 0 Å². The van der Waals surface area contributed by atoms with Gasteiger partial charge in [0, 0.05) is 12.3 Å². The van der Waals surface area contributed by atoms with Gasteiger partial charge in [-0.25, -0.2) is 4.39 Å². The Morgan fingerprint density at radius 2 is 2.00 bits per heavy atom. The first-order valence-electron chi connectivity index (χ1n) is 4.83. The maximum Gasteiger partial charge on any atom is 0.159 e. The van der Waals surface area contributed by atoms with Gasteiger partial charge in [-0.3, -0.25) is 0 Å². The van der Waals surface area contributed by atoms with Crippen molar-refractivity contribution in [1.29, 1.82) is 0 Å². The Kier molecular flexibility index (Phi) is 2.42. The number of nitrogen functional groups attached to an aromatic ring is 1. The molecule has 0 aliphatic carbocycles. The third-order valence-corrected chi connectivity index (χ3v) is 2.62. The van der Waals surface area contributed by atoms with Crippen molar-refractivity contribution in [2.24, 2.45) is 0 Å². The van der Waals surface area contributed by atoms with Gasteiger partial charge < -0.3 is 10.5 Å². The van der Waals surface area contributed by atoms with E-state index < -0.39 is 5.67 Å². The molecule has 0 radical (unpaired) electrons. The molecule has 0 bridgehead atoms. The summed E-state index contributed by atoms with van der Waals surface area (Å²) in [6.45, 7) is 0.831. The molecule has 0 saturated carbocycles. The highest BCUT2D eigenvalue weighted by Gasteiger charge is 2.34. The maximum atomic E-state index is 14.3. The fraction of sp³-hybridized carbons (Fsp3) is 0.455. The summed E-state index contributed by atoms with van der Waals surface area (Å²) in [5.41, 5.74) is 5.57. The summed E-state index contributed by atoms with van der Waals surface area (Å²) in [7, 11) is 0. The van der Waals surface area contributed by atoms with Crippen LogP contribution in [0.3, 0.4) is 0 Å². The Labute approximate surface area is 82.9 Å². The molecule has 2 N–H and O–H groups in total. The molecule has 76 valence electrons. The van der Waals surface area contributed by atoms with Crippen LogP contribution in [-0.2, 0) is 10.4 Å². The molecule has 14 heavy (non-hydrogen) atoms. The lowest BCUT2D eigenvalue weighted by molar-refractivity contribution is -0.0347. The van der Waals surface area contributed by atoms with Crippen molar-refractivity contribution in [3.63, 3.8) is 0 Å². The van der Waals surface area contributed by atoms with Crippen molar-refractivity contribution in [1.82, 2.24) is 0 Å². The van der Waals surface area contributed by atoms with E-state index in [2.05, 4.69) is 0 Å². The molecular weight excluding hydrogens is 181 g/mol. The number of hydrogen-bond donors (Lipinski definition) is 1. The van der Waals surface area contributed by atoms with Crippen LogP contribution in [0.2, 0.25) is 0 Å². The van der Waals surface area contributed by atoms with Crippen molar-refractivity contribution in [2.75, 3.05) is 18.9 Å². The van der Waals surface area contributed by atoms with Gasteiger partial charge in [0.15, 0.2) is 5.67 Å². The lowest BCUT2D eigenvalue weighted by Gasteiger charge is -2.29. The van der Waals surface area contributed by atoms with E-state index in [0.717, 1.165) is 6.42 Å². The van der Waals surface area contributed by atoms with E-state index in [0.29, 0.717) is 24.3 Å². The summed E-state index contributed by atoms with van der Waals surface area (Å²) < 4.78 is 19.4. The third-order valence-electron chi connectivity index (χ3n) is 2.62. The van der Waals surface area contributed by atoms with Gasteiger partial charge in [-0.2, -0.15) is 0 Å². The van der Waals surface area contributed by atoms with Gasteiger partial charge in [0.25, 0.3) is 0 Å². The smallest absolute Gasteiger partial charge is 0.159 e. The van der Waals surface area contributed by atoms with Crippen molar-refractivity contribution in [3.8, 4) is 0 Å². The highest BCUT2D eigenvalue weighted by atomic mass is 19.1. The molecule has 2 nitrogen and oxygen atoms in total. The zero-order valence-electron chi connectivity index (χ0n) is 8.00. The Bertz CT molecular complexity index is 304. The predicted molar refractivity (Wildman–Crippen MR) is 53.7 cm³/mol. The fourth-order valence-corrected chi connectivity index (χ4v) is 1.77. The van der Waals surface area contributed by atoms with Gasteiger partial charge in [-0.05, 0) is 30.5 Å². The quantitative estimate of drug-likeness (QED) is 0.697. The summed E-state index contributed by atoms with van der Waals surface area (Å²) >= 11 is 0. The standard InChI is InChI=1S/C11H14FNO/c12-11(6-1-7-14-8-11)9-2-4-10(13)5-3-9/h2-5H,1,6-8,13H2. The molecule has 1 fully saturated rings. The first kappa shape index (κ1) is 9.46. The van der Waals surface area contributed by atoms with E-state index in [1.54, 1.807) is 24.3 Å². The van der Waals surface area contributed by atoms with Crippen LogP contribution in [0, 0.1) is 0 Å². The summed E-state index contributed by atoms with van der Waals surface area (Å²) in [4.78, 5) is 0. The lowest BCUT2D eigenvalue weighted by Crippen LogP contribution is -2.31. The van der Waals surface area contributed by atoms with Crippen molar-refractivity contribution < 1.29 is 9.13 Å². The van der Waals surface area contributed by atoms with Gasteiger partial charge in [-0.15, -0.1) is 0 Å². The normalized spacial score (nSPS) is 27.5. The molecule has 3 heteroatoms. The topological polar surface area (TPSA) is 35.2 Å². The molecule has 2 rings (SSSR count). The average molecular weight is 195 g/mol. The number of anilines is 1. The molecular formula is C11H14FNO. The van der Waals surface area contributed by atoms with E-state index in [4.69, 9.17) is 10.5 Å². The van der Waals surface area contributed by atoms with E-state index in [1.807, 2.05) is 0 Å². The Hall–Kier alpha value is -1.09. The SMILES string of the molecule is Nc1ccc(C2(F)CCCOC2)cc1. The van der Waals surface area contributed by atoms with Crippen LogP contribution >= 0.6 is 0 Å². The average Bonchev–Trinajstić information content (AvgIpc) is 2.19. The largest absolute Gasteiger partial charge is 0.399 e. The second-order valence-corrected chi connectivity index (χ2v) is 3.74. The van der Waals surface area contributed by atoms with Crippen molar-refractivity contribution in [3.05, 3.63) is 29.8 Å². The van der Waals surface area contributed by atoms with Crippen LogP contribution in [0.5, 0.6) is 0 Å². The third kappa shape index (κ3) is 1.73. The molecule has 1 aliphatic rings. The molecule has 1 aromatic carbocycles. The molecule has 1 unspecified atom stereocenters. The number of nitrogens with two attached hydrogens (primary N) is 1. The highest BCUT2D eigenvalue weighted by Crippen LogP contribution is 2.34. The van der Waals surface area contributed by atoms with E-state index in [-0.39, 0.29) is 6.61 Å². The Balaban J connectivity index is 2.23. The minimum Gasteiger partial charge on any atom is -0.399 e. The van der Waals surface area contributed by atoms with Gasteiger partial charge in [0.05, 0.1) is 6.61 Å². The summed E-state index contributed by atoms with van der Waals surface area (Å²) in [6, 6.07) is 6.94. The van der Waals surface area contributed by atoms with Crippen LogP contribution in [0.4, 0.5) is 10.1 Å². The van der Waals surface area contributed by atoms with Crippen LogP contribution in [-0.4, -0.2) is 13.2 Å². The molecule has 1 heterocycles. The summed E-state index contributed by atoms with van der Waals surface area (Å²) in [5, 5.41) is 0. The number of alkyl halides is 1. The molecule has 1 saturated heterocycles. The number of hydrogen-bond acceptors (Lipinski definition) is 2. The highest BCUT2D eigenvalue weighted by molar-refractivity contribution is 5.41.